The first-order valence-electron chi connectivity index (χ1n) is 11.2. The van der Waals surface area contributed by atoms with E-state index in [1.165, 1.54) is 0 Å². The lowest BCUT2D eigenvalue weighted by molar-refractivity contribution is -0.193. The number of nitrogens with zero attached hydrogens (tertiary/aromatic N) is 3. The number of carboxylic acid groups (broad SMARTS) is 2. The van der Waals surface area contributed by atoms with Gasteiger partial charge in [0.2, 0.25) is 5.91 Å². The van der Waals surface area contributed by atoms with Crippen LogP contribution in [0, 0.1) is 6.92 Å². The first-order valence-corrected chi connectivity index (χ1v) is 12.1. The van der Waals surface area contributed by atoms with Crippen molar-refractivity contribution in [3.63, 3.8) is 0 Å². The maximum Gasteiger partial charge on any atom is 0.490 e. The molecule has 2 aliphatic rings. The van der Waals surface area contributed by atoms with Crippen LogP contribution in [-0.4, -0.2) is 80.4 Å². The van der Waals surface area contributed by atoms with E-state index >= 15 is 0 Å². The molecule has 0 saturated carbocycles. The van der Waals surface area contributed by atoms with Gasteiger partial charge in [0.25, 0.3) is 0 Å². The SMILES string of the molecule is Cc1cccc(CN2CC[C@@H]3[C@@H]2CCN3C(=O)Cc2ccsc2)n1.O=C(O)C(F)(F)F.O=C(O)C(F)(F)F. The van der Waals surface area contributed by atoms with Gasteiger partial charge in [-0.15, -0.1) is 0 Å². The van der Waals surface area contributed by atoms with Crippen LogP contribution >= 0.6 is 11.3 Å². The number of aromatic nitrogens is 1. The van der Waals surface area contributed by atoms with Crippen molar-refractivity contribution in [3.05, 3.63) is 52.0 Å². The van der Waals surface area contributed by atoms with E-state index in [9.17, 15) is 31.1 Å². The quantitative estimate of drug-likeness (QED) is 0.533. The molecule has 0 unspecified atom stereocenters. The van der Waals surface area contributed by atoms with Crippen molar-refractivity contribution in [1.29, 1.82) is 0 Å². The summed E-state index contributed by atoms with van der Waals surface area (Å²) in [6.45, 7) is 4.90. The zero-order chi connectivity index (χ0) is 28.7. The lowest BCUT2D eigenvalue weighted by Crippen LogP contribution is -2.40. The van der Waals surface area contributed by atoms with Crippen LogP contribution in [0.15, 0.2) is 35.0 Å². The minimum atomic E-state index is -5.08. The molecule has 1 amide bonds. The van der Waals surface area contributed by atoms with E-state index in [1.54, 1.807) is 11.3 Å². The summed E-state index contributed by atoms with van der Waals surface area (Å²) in [6.07, 6.45) is -7.44. The number of thiophene rings is 1. The number of hydrogen-bond donors (Lipinski definition) is 2. The Hall–Kier alpha value is -3.20. The number of carboxylic acids is 2. The molecule has 0 aromatic carbocycles. The Morgan fingerprint density at radius 3 is 2.05 bits per heavy atom. The highest BCUT2D eigenvalue weighted by atomic mass is 32.1. The van der Waals surface area contributed by atoms with E-state index in [4.69, 9.17) is 19.8 Å². The smallest absolute Gasteiger partial charge is 0.475 e. The largest absolute Gasteiger partial charge is 0.490 e. The van der Waals surface area contributed by atoms with Crippen LogP contribution in [0.2, 0.25) is 0 Å². The van der Waals surface area contributed by atoms with Crippen molar-refractivity contribution in [2.45, 2.75) is 57.2 Å². The number of hydrogen-bond acceptors (Lipinski definition) is 6. The molecule has 2 aromatic rings. The highest BCUT2D eigenvalue weighted by Crippen LogP contribution is 2.33. The fourth-order valence-corrected chi connectivity index (χ4v) is 4.81. The zero-order valence-corrected chi connectivity index (χ0v) is 20.8. The molecule has 4 rings (SSSR count). The summed E-state index contributed by atoms with van der Waals surface area (Å²) in [4.78, 5) is 39.7. The van der Waals surface area contributed by atoms with Crippen molar-refractivity contribution in [1.82, 2.24) is 14.8 Å². The number of rotatable bonds is 4. The first kappa shape index (κ1) is 31.0. The third-order valence-corrected chi connectivity index (χ3v) is 6.48. The van der Waals surface area contributed by atoms with Crippen LogP contribution < -0.4 is 0 Å². The fourth-order valence-electron chi connectivity index (χ4n) is 4.15. The standard InChI is InChI=1S/C19H23N3OS.2C2HF3O2/c1-14-3-2-4-16(20-14)12-21-8-5-18-17(21)6-9-22(18)19(23)11-15-7-10-24-13-15;2*3-2(4,5)1(6)7/h2-4,7,10,13,17-18H,5-6,8-9,11-12H2,1H3;2*(H,6,7)/t17-,18+;;/m0../s1. The predicted molar refractivity (Wildman–Crippen MR) is 123 cm³/mol. The summed E-state index contributed by atoms with van der Waals surface area (Å²) in [7, 11) is 0. The van der Waals surface area contributed by atoms with E-state index in [1.807, 2.05) is 18.4 Å². The van der Waals surface area contributed by atoms with Gasteiger partial charge in [-0.2, -0.15) is 37.7 Å². The Kier molecular flexibility index (Phi) is 10.6. The number of aliphatic carboxylic acids is 2. The summed E-state index contributed by atoms with van der Waals surface area (Å²) >= 11 is 1.66. The van der Waals surface area contributed by atoms with E-state index < -0.39 is 24.3 Å². The minimum absolute atomic E-state index is 0.288. The van der Waals surface area contributed by atoms with Crippen LogP contribution in [0.5, 0.6) is 0 Å². The summed E-state index contributed by atoms with van der Waals surface area (Å²) in [6, 6.07) is 9.17. The Bertz CT molecular complexity index is 1070. The molecule has 4 heterocycles. The number of alkyl halides is 6. The molecule has 8 nitrogen and oxygen atoms in total. The van der Waals surface area contributed by atoms with Gasteiger partial charge < -0.3 is 15.1 Å². The van der Waals surface area contributed by atoms with E-state index in [-0.39, 0.29) is 5.91 Å². The van der Waals surface area contributed by atoms with Crippen molar-refractivity contribution < 1.29 is 50.9 Å². The lowest BCUT2D eigenvalue weighted by Gasteiger charge is -2.25. The topological polar surface area (TPSA) is 111 Å². The molecule has 2 aromatic heterocycles. The molecule has 0 radical (unpaired) electrons. The molecule has 0 bridgehead atoms. The van der Waals surface area contributed by atoms with Gasteiger partial charge in [-0.3, -0.25) is 14.7 Å². The summed E-state index contributed by atoms with van der Waals surface area (Å²) in [5.41, 5.74) is 3.35. The molecule has 0 spiro atoms. The second-order valence-electron chi connectivity index (χ2n) is 8.45. The Balaban J connectivity index is 0.000000301. The maximum absolute atomic E-state index is 12.7. The van der Waals surface area contributed by atoms with Crippen LogP contribution in [0.4, 0.5) is 26.3 Å². The lowest BCUT2D eigenvalue weighted by atomic mass is 10.1. The van der Waals surface area contributed by atoms with Crippen LogP contribution in [0.3, 0.4) is 0 Å². The molecular weight excluding hydrogens is 544 g/mol. The third kappa shape index (κ3) is 9.28. The minimum Gasteiger partial charge on any atom is -0.475 e. The van der Waals surface area contributed by atoms with Gasteiger partial charge in [-0.1, -0.05) is 6.07 Å². The summed E-state index contributed by atoms with van der Waals surface area (Å²) in [5.74, 6) is -5.23. The molecule has 2 N–H and O–H groups in total. The molecule has 15 heteroatoms. The highest BCUT2D eigenvalue weighted by molar-refractivity contribution is 7.08. The van der Waals surface area contributed by atoms with Crippen LogP contribution in [-0.2, 0) is 27.3 Å². The Labute approximate surface area is 217 Å². The number of amides is 1. The number of fused-ring (bicyclic) bond motifs is 1. The first-order chi connectivity index (χ1) is 17.6. The number of aryl methyl sites for hydroxylation is 1. The van der Waals surface area contributed by atoms with E-state index in [2.05, 4.69) is 38.4 Å². The number of halogens is 6. The molecule has 2 fully saturated rings. The monoisotopic (exact) mass is 569 g/mol. The Morgan fingerprint density at radius 1 is 0.974 bits per heavy atom. The summed E-state index contributed by atoms with van der Waals surface area (Å²) in [5, 5.41) is 18.4. The van der Waals surface area contributed by atoms with Gasteiger partial charge in [-0.25, -0.2) is 9.59 Å². The van der Waals surface area contributed by atoms with Gasteiger partial charge in [0.1, 0.15) is 0 Å². The molecular formula is C23H25F6N3O5S. The number of likely N-dealkylation sites (tertiary alicyclic amines) is 2. The van der Waals surface area contributed by atoms with Gasteiger partial charge in [0, 0.05) is 37.4 Å². The molecule has 2 atom stereocenters. The highest BCUT2D eigenvalue weighted by Gasteiger charge is 2.44. The average molecular weight is 570 g/mol. The normalized spacial score (nSPS) is 19.1. The number of pyridine rings is 1. The predicted octanol–water partition coefficient (Wildman–Crippen LogP) is 4.14. The van der Waals surface area contributed by atoms with Gasteiger partial charge >= 0.3 is 24.3 Å². The Morgan fingerprint density at radius 2 is 1.55 bits per heavy atom. The van der Waals surface area contributed by atoms with Crippen LogP contribution in [0.1, 0.15) is 29.8 Å². The maximum atomic E-state index is 12.7. The zero-order valence-electron chi connectivity index (χ0n) is 20.0. The van der Waals surface area contributed by atoms with Crippen molar-refractivity contribution >= 4 is 29.2 Å². The molecule has 210 valence electrons. The summed E-state index contributed by atoms with van der Waals surface area (Å²) < 4.78 is 63.5. The molecule has 0 aliphatic carbocycles. The third-order valence-electron chi connectivity index (χ3n) is 5.74. The van der Waals surface area contributed by atoms with Crippen molar-refractivity contribution in [3.8, 4) is 0 Å². The second kappa shape index (κ2) is 13.0. The van der Waals surface area contributed by atoms with E-state index in [0.29, 0.717) is 18.5 Å². The van der Waals surface area contributed by atoms with Crippen LogP contribution in [0.25, 0.3) is 0 Å². The van der Waals surface area contributed by atoms with Crippen molar-refractivity contribution in [2.75, 3.05) is 13.1 Å². The van der Waals surface area contributed by atoms with Gasteiger partial charge in [0.05, 0.1) is 12.1 Å². The van der Waals surface area contributed by atoms with Crippen molar-refractivity contribution in [2.24, 2.45) is 0 Å². The molecule has 2 aliphatic heterocycles. The molecule has 38 heavy (non-hydrogen) atoms. The van der Waals surface area contributed by atoms with E-state index in [0.717, 1.165) is 49.4 Å². The van der Waals surface area contributed by atoms with Gasteiger partial charge in [0.15, 0.2) is 0 Å². The number of carbonyl (C=O) groups excluding carboxylic acids is 1. The molecule has 2 saturated heterocycles. The fraction of sp³-hybridized carbons (Fsp3) is 0.478. The van der Waals surface area contributed by atoms with Gasteiger partial charge in [-0.05, 0) is 54.3 Å². The second-order valence-corrected chi connectivity index (χ2v) is 9.23. The number of carbonyl (C=O) groups is 3. The average Bonchev–Trinajstić information content (AvgIpc) is 3.53.